The van der Waals surface area contributed by atoms with Crippen molar-refractivity contribution in [3.8, 4) is 0 Å². The molecule has 0 aromatic carbocycles. The molecule has 0 amide bonds. The van der Waals surface area contributed by atoms with E-state index < -0.39 is 32.0 Å². The molecule has 0 saturated carbocycles. The minimum Gasteiger partial charge on any atom is -0.352 e. The third-order valence-corrected chi connectivity index (χ3v) is 4.59. The van der Waals surface area contributed by atoms with E-state index in [2.05, 4.69) is 29.6 Å². The first-order valence-corrected chi connectivity index (χ1v) is 9.27. The van der Waals surface area contributed by atoms with Crippen LogP contribution in [0.4, 0.5) is 0 Å². The van der Waals surface area contributed by atoms with Gasteiger partial charge in [0, 0.05) is 12.2 Å². The summed E-state index contributed by atoms with van der Waals surface area (Å²) in [7, 11) is -8.33. The average Bonchev–Trinajstić information content (AvgIpc) is 3.30. The van der Waals surface area contributed by atoms with Crippen molar-refractivity contribution in [3.05, 3.63) is 37.2 Å². The van der Waals surface area contributed by atoms with Crippen molar-refractivity contribution < 1.29 is 36.1 Å². The number of hydrogen-bond acceptors (Lipinski definition) is 10. The standard InChI is InChI=1S/C10H10N6O8S2/c17-9(23-15-25(19,20)7-3-11-5-13-7)1-2-10(18)24-16-26(21,22)8-4-12-6-14-8/h1-6,15-16H,(H,11,13)(H,12,14)/b2-1+. The fourth-order valence-electron chi connectivity index (χ4n) is 1.27. The van der Waals surface area contributed by atoms with Gasteiger partial charge < -0.3 is 19.6 Å². The topological polar surface area (TPSA) is 202 Å². The van der Waals surface area contributed by atoms with Crippen LogP contribution in [-0.4, -0.2) is 48.7 Å². The van der Waals surface area contributed by atoms with Crippen LogP contribution >= 0.6 is 0 Å². The first-order chi connectivity index (χ1) is 12.2. The lowest BCUT2D eigenvalue weighted by molar-refractivity contribution is -0.143. The molecule has 0 aliphatic carbocycles. The third kappa shape index (κ3) is 5.21. The van der Waals surface area contributed by atoms with Crippen molar-refractivity contribution in [2.45, 2.75) is 10.1 Å². The van der Waals surface area contributed by atoms with Crippen LogP contribution in [0.1, 0.15) is 0 Å². The molecule has 0 aliphatic heterocycles. The van der Waals surface area contributed by atoms with Gasteiger partial charge in [-0.15, -0.1) is 0 Å². The highest BCUT2D eigenvalue weighted by Gasteiger charge is 2.18. The molecule has 0 atom stereocenters. The maximum absolute atomic E-state index is 11.6. The van der Waals surface area contributed by atoms with Gasteiger partial charge in [0.1, 0.15) is 0 Å². The first-order valence-electron chi connectivity index (χ1n) is 6.31. The zero-order valence-corrected chi connectivity index (χ0v) is 14.1. The highest BCUT2D eigenvalue weighted by atomic mass is 32.2. The summed E-state index contributed by atoms with van der Waals surface area (Å²) in [5.41, 5.74) is 0. The summed E-state index contributed by atoms with van der Waals surface area (Å²) in [6, 6.07) is 0. The van der Waals surface area contributed by atoms with Gasteiger partial charge >= 0.3 is 11.9 Å². The SMILES string of the molecule is O=C(/C=C/C(=O)ONS(=O)(=O)c1cnc[nH]1)ONS(=O)(=O)c1cnc[nH]1. The number of aromatic amines is 2. The predicted molar refractivity (Wildman–Crippen MR) is 79.1 cm³/mol. The molecular formula is C10H10N6O8S2. The lowest BCUT2D eigenvalue weighted by Gasteiger charge is -2.03. The summed E-state index contributed by atoms with van der Waals surface area (Å²) in [6.07, 6.45) is 5.13. The van der Waals surface area contributed by atoms with Crippen LogP contribution in [0.2, 0.25) is 0 Å². The first kappa shape index (κ1) is 19.2. The molecule has 0 spiro atoms. The van der Waals surface area contributed by atoms with Crippen LogP contribution in [-0.2, 0) is 39.3 Å². The van der Waals surface area contributed by atoms with Crippen molar-refractivity contribution in [1.82, 2.24) is 29.7 Å². The van der Waals surface area contributed by atoms with Gasteiger partial charge in [-0.2, -0.15) is 0 Å². The molecule has 0 aliphatic rings. The molecule has 4 N–H and O–H groups in total. The maximum atomic E-state index is 11.6. The van der Waals surface area contributed by atoms with E-state index in [-0.39, 0.29) is 10.1 Å². The number of H-pyrrole nitrogens is 2. The van der Waals surface area contributed by atoms with Crippen LogP contribution in [0.3, 0.4) is 0 Å². The molecule has 140 valence electrons. The molecule has 0 saturated heterocycles. The number of imidazole rings is 2. The van der Waals surface area contributed by atoms with Gasteiger partial charge in [-0.05, 0) is 9.77 Å². The third-order valence-electron chi connectivity index (χ3n) is 2.38. The Morgan fingerprint density at radius 2 is 1.23 bits per heavy atom. The van der Waals surface area contributed by atoms with Gasteiger partial charge in [0.15, 0.2) is 10.1 Å². The summed E-state index contributed by atoms with van der Waals surface area (Å²) >= 11 is 0. The second-order valence-corrected chi connectivity index (χ2v) is 7.41. The Morgan fingerprint density at radius 1 is 0.846 bits per heavy atom. The van der Waals surface area contributed by atoms with Crippen molar-refractivity contribution >= 4 is 32.0 Å². The van der Waals surface area contributed by atoms with Crippen molar-refractivity contribution in [3.63, 3.8) is 0 Å². The van der Waals surface area contributed by atoms with Crippen molar-refractivity contribution in [1.29, 1.82) is 0 Å². The minimum atomic E-state index is -4.17. The molecule has 16 heteroatoms. The van der Waals surface area contributed by atoms with Crippen molar-refractivity contribution in [2.24, 2.45) is 0 Å². The zero-order valence-electron chi connectivity index (χ0n) is 12.4. The number of carbonyl (C=O) groups is 2. The second-order valence-electron chi connectivity index (χ2n) is 4.18. The van der Waals surface area contributed by atoms with E-state index in [1.165, 1.54) is 9.77 Å². The molecule has 0 unspecified atom stereocenters. The minimum absolute atomic E-state index is 0.359. The molecule has 0 fully saturated rings. The highest BCUT2D eigenvalue weighted by Crippen LogP contribution is 2.02. The lowest BCUT2D eigenvalue weighted by Crippen LogP contribution is -2.28. The maximum Gasteiger partial charge on any atom is 0.350 e. The lowest BCUT2D eigenvalue weighted by atomic mass is 10.5. The monoisotopic (exact) mass is 406 g/mol. The van der Waals surface area contributed by atoms with Gasteiger partial charge in [0.25, 0.3) is 20.0 Å². The van der Waals surface area contributed by atoms with Gasteiger partial charge in [0.05, 0.1) is 25.0 Å². The Kier molecular flexibility index (Phi) is 5.82. The zero-order chi connectivity index (χ0) is 19.2. The Labute approximate surface area is 145 Å². The van der Waals surface area contributed by atoms with E-state index in [4.69, 9.17) is 0 Å². The van der Waals surface area contributed by atoms with Gasteiger partial charge in [-0.1, -0.05) is 0 Å². The molecule has 0 bridgehead atoms. The van der Waals surface area contributed by atoms with E-state index in [1.807, 2.05) is 0 Å². The Hall–Kier alpha value is -3.08. The van der Waals surface area contributed by atoms with Crippen LogP contribution in [0.5, 0.6) is 0 Å². The smallest absolute Gasteiger partial charge is 0.350 e. The number of carbonyl (C=O) groups excluding carboxylic acids is 2. The van der Waals surface area contributed by atoms with Crippen LogP contribution in [0.25, 0.3) is 0 Å². The van der Waals surface area contributed by atoms with E-state index >= 15 is 0 Å². The van der Waals surface area contributed by atoms with E-state index in [0.717, 1.165) is 25.0 Å². The predicted octanol–water partition coefficient (Wildman–Crippen LogP) is -2.14. The average molecular weight is 406 g/mol. The number of rotatable bonds is 8. The van der Waals surface area contributed by atoms with E-state index in [1.54, 1.807) is 0 Å². The second kappa shape index (κ2) is 7.87. The fraction of sp³-hybridized carbons (Fsp3) is 0. The Balaban J connectivity index is 1.81. The molecule has 2 heterocycles. The fourth-order valence-corrected chi connectivity index (χ4v) is 2.64. The van der Waals surface area contributed by atoms with Gasteiger partial charge in [-0.25, -0.2) is 36.4 Å². The number of sulfonamides is 2. The molecule has 2 aromatic rings. The summed E-state index contributed by atoms with van der Waals surface area (Å²) in [5, 5.41) is -0.719. The van der Waals surface area contributed by atoms with Crippen LogP contribution < -0.4 is 9.77 Å². The van der Waals surface area contributed by atoms with Crippen LogP contribution in [0.15, 0.2) is 47.3 Å². The number of hydrogen-bond donors (Lipinski definition) is 4. The number of aromatic nitrogens is 4. The largest absolute Gasteiger partial charge is 0.352 e. The van der Waals surface area contributed by atoms with Crippen molar-refractivity contribution in [2.75, 3.05) is 0 Å². The number of nitrogens with zero attached hydrogens (tertiary/aromatic N) is 2. The highest BCUT2D eigenvalue weighted by molar-refractivity contribution is 7.89. The van der Waals surface area contributed by atoms with Gasteiger partial charge in [-0.3, -0.25) is 0 Å². The quantitative estimate of drug-likeness (QED) is 0.277. The molecule has 2 rings (SSSR count). The van der Waals surface area contributed by atoms with Crippen LogP contribution in [0, 0.1) is 0 Å². The molecular weight excluding hydrogens is 396 g/mol. The summed E-state index contributed by atoms with van der Waals surface area (Å²) in [5.74, 6) is -2.55. The van der Waals surface area contributed by atoms with E-state index in [9.17, 15) is 26.4 Å². The molecule has 14 nitrogen and oxygen atoms in total. The Morgan fingerprint density at radius 3 is 1.54 bits per heavy atom. The summed E-state index contributed by atoms with van der Waals surface area (Å²) < 4.78 is 46.4. The normalized spacial score (nSPS) is 12.2. The Bertz CT molecular complexity index is 912. The molecule has 2 aromatic heterocycles. The number of nitrogens with one attached hydrogen (secondary N) is 4. The summed E-state index contributed by atoms with van der Waals surface area (Å²) in [4.78, 5) is 45.6. The van der Waals surface area contributed by atoms with E-state index in [0.29, 0.717) is 12.2 Å². The van der Waals surface area contributed by atoms with Gasteiger partial charge in [0.2, 0.25) is 0 Å². The molecule has 0 radical (unpaired) electrons. The summed E-state index contributed by atoms with van der Waals surface area (Å²) in [6.45, 7) is 0. The molecule has 26 heavy (non-hydrogen) atoms.